The summed E-state index contributed by atoms with van der Waals surface area (Å²) in [6, 6.07) is 1.72. The maximum atomic E-state index is 11.7. The standard InChI is InChI=1S/C10H15N3O2/c1-7-5-9(13-15-7)12-10(14)8-3-2-4-11-6-8/h5,8,11H,2-4,6H2,1H3,(H,12,13,14). The summed E-state index contributed by atoms with van der Waals surface area (Å²) in [6.07, 6.45) is 1.99. The second-order valence-corrected chi connectivity index (χ2v) is 3.86. The van der Waals surface area contributed by atoms with Crippen LogP contribution < -0.4 is 10.6 Å². The monoisotopic (exact) mass is 209 g/mol. The molecule has 15 heavy (non-hydrogen) atoms. The van der Waals surface area contributed by atoms with Crippen molar-refractivity contribution in [2.75, 3.05) is 18.4 Å². The number of amides is 1. The lowest BCUT2D eigenvalue weighted by Crippen LogP contribution is -2.37. The van der Waals surface area contributed by atoms with Crippen molar-refractivity contribution >= 4 is 11.7 Å². The van der Waals surface area contributed by atoms with Gasteiger partial charge in [-0.3, -0.25) is 4.79 Å². The predicted octanol–water partition coefficient (Wildman–Crippen LogP) is 0.921. The van der Waals surface area contributed by atoms with E-state index in [1.165, 1.54) is 0 Å². The molecule has 1 aliphatic heterocycles. The van der Waals surface area contributed by atoms with Crippen LogP contribution in [-0.2, 0) is 4.79 Å². The van der Waals surface area contributed by atoms with Gasteiger partial charge in [0.25, 0.3) is 0 Å². The summed E-state index contributed by atoms with van der Waals surface area (Å²) in [5.41, 5.74) is 0. The molecule has 0 bridgehead atoms. The molecule has 1 aromatic heterocycles. The van der Waals surface area contributed by atoms with Crippen LogP contribution >= 0.6 is 0 Å². The minimum atomic E-state index is 0.0236. The number of hydrogen-bond acceptors (Lipinski definition) is 4. The molecule has 2 heterocycles. The molecule has 1 aliphatic rings. The van der Waals surface area contributed by atoms with Gasteiger partial charge in [0, 0.05) is 12.6 Å². The van der Waals surface area contributed by atoms with Crippen molar-refractivity contribution in [3.8, 4) is 0 Å². The van der Waals surface area contributed by atoms with E-state index in [2.05, 4.69) is 15.8 Å². The molecule has 0 aliphatic carbocycles. The summed E-state index contributed by atoms with van der Waals surface area (Å²) in [5.74, 6) is 1.28. The summed E-state index contributed by atoms with van der Waals surface area (Å²) in [7, 11) is 0. The lowest BCUT2D eigenvalue weighted by molar-refractivity contribution is -0.120. The maximum absolute atomic E-state index is 11.7. The number of hydrogen-bond donors (Lipinski definition) is 2. The molecule has 1 aromatic rings. The number of aryl methyl sites for hydroxylation is 1. The zero-order chi connectivity index (χ0) is 10.7. The van der Waals surface area contributed by atoms with Crippen LogP contribution in [0.3, 0.4) is 0 Å². The SMILES string of the molecule is Cc1cc(NC(=O)C2CCCNC2)no1. The molecule has 82 valence electrons. The molecule has 0 saturated carbocycles. The molecule has 0 aromatic carbocycles. The van der Waals surface area contributed by atoms with Crippen LogP contribution in [0.15, 0.2) is 10.6 Å². The summed E-state index contributed by atoms with van der Waals surface area (Å²) in [4.78, 5) is 11.7. The van der Waals surface area contributed by atoms with Crippen molar-refractivity contribution in [2.24, 2.45) is 5.92 Å². The van der Waals surface area contributed by atoms with Gasteiger partial charge in [-0.05, 0) is 26.3 Å². The fourth-order valence-corrected chi connectivity index (χ4v) is 1.73. The normalized spacial score (nSPS) is 21.3. The largest absolute Gasteiger partial charge is 0.360 e. The summed E-state index contributed by atoms with van der Waals surface area (Å²) in [6.45, 7) is 3.56. The number of nitrogens with zero attached hydrogens (tertiary/aromatic N) is 1. The average molecular weight is 209 g/mol. The summed E-state index contributed by atoms with van der Waals surface area (Å²) >= 11 is 0. The number of piperidine rings is 1. The van der Waals surface area contributed by atoms with Crippen LogP contribution in [0.2, 0.25) is 0 Å². The molecule has 5 nitrogen and oxygen atoms in total. The Labute approximate surface area is 88.2 Å². The van der Waals surface area contributed by atoms with Crippen molar-refractivity contribution in [1.29, 1.82) is 0 Å². The van der Waals surface area contributed by atoms with Crippen molar-refractivity contribution < 1.29 is 9.32 Å². The van der Waals surface area contributed by atoms with Gasteiger partial charge in [0.1, 0.15) is 5.76 Å². The number of nitrogens with one attached hydrogen (secondary N) is 2. The van der Waals surface area contributed by atoms with E-state index in [0.29, 0.717) is 11.6 Å². The molecule has 1 atom stereocenters. The molecule has 1 saturated heterocycles. The number of rotatable bonds is 2. The Hall–Kier alpha value is -1.36. The molecule has 2 N–H and O–H groups in total. The van der Waals surface area contributed by atoms with E-state index in [0.717, 1.165) is 25.9 Å². The number of anilines is 1. The number of aromatic nitrogens is 1. The van der Waals surface area contributed by atoms with Crippen LogP contribution in [0.25, 0.3) is 0 Å². The Kier molecular flexibility index (Phi) is 3.01. The van der Waals surface area contributed by atoms with Crippen molar-refractivity contribution in [3.05, 3.63) is 11.8 Å². The second-order valence-electron chi connectivity index (χ2n) is 3.86. The summed E-state index contributed by atoms with van der Waals surface area (Å²) in [5, 5.41) is 9.67. The fraction of sp³-hybridized carbons (Fsp3) is 0.600. The van der Waals surface area contributed by atoms with Gasteiger partial charge < -0.3 is 15.2 Å². The highest BCUT2D eigenvalue weighted by Gasteiger charge is 2.21. The zero-order valence-electron chi connectivity index (χ0n) is 8.75. The highest BCUT2D eigenvalue weighted by Crippen LogP contribution is 2.13. The van der Waals surface area contributed by atoms with Crippen LogP contribution in [-0.4, -0.2) is 24.2 Å². The van der Waals surface area contributed by atoms with Gasteiger partial charge in [-0.25, -0.2) is 0 Å². The van der Waals surface area contributed by atoms with Gasteiger partial charge in [-0.2, -0.15) is 0 Å². The van der Waals surface area contributed by atoms with Crippen molar-refractivity contribution in [2.45, 2.75) is 19.8 Å². The predicted molar refractivity (Wildman–Crippen MR) is 55.5 cm³/mol. The van der Waals surface area contributed by atoms with E-state index in [1.54, 1.807) is 13.0 Å². The van der Waals surface area contributed by atoms with Crippen molar-refractivity contribution in [3.63, 3.8) is 0 Å². The van der Waals surface area contributed by atoms with E-state index in [-0.39, 0.29) is 11.8 Å². The number of carbonyl (C=O) groups excluding carboxylic acids is 1. The van der Waals surface area contributed by atoms with Gasteiger partial charge in [0.15, 0.2) is 5.82 Å². The fourth-order valence-electron chi connectivity index (χ4n) is 1.73. The minimum Gasteiger partial charge on any atom is -0.360 e. The van der Waals surface area contributed by atoms with Crippen LogP contribution in [0, 0.1) is 12.8 Å². The molecular formula is C10H15N3O2. The van der Waals surface area contributed by atoms with Gasteiger partial charge in [0.05, 0.1) is 5.92 Å². The Bertz CT molecular complexity index is 342. The third-order valence-corrected chi connectivity index (χ3v) is 2.55. The van der Waals surface area contributed by atoms with Gasteiger partial charge in [-0.1, -0.05) is 5.16 Å². The average Bonchev–Trinajstić information content (AvgIpc) is 2.65. The quantitative estimate of drug-likeness (QED) is 0.760. The first-order chi connectivity index (χ1) is 7.25. The highest BCUT2D eigenvalue weighted by molar-refractivity contribution is 5.91. The summed E-state index contributed by atoms with van der Waals surface area (Å²) < 4.78 is 4.87. The Morgan fingerprint density at radius 1 is 1.73 bits per heavy atom. The molecular weight excluding hydrogens is 194 g/mol. The van der Waals surface area contributed by atoms with Gasteiger partial charge in [-0.15, -0.1) is 0 Å². The van der Waals surface area contributed by atoms with Crippen LogP contribution in [0.5, 0.6) is 0 Å². The lowest BCUT2D eigenvalue weighted by Gasteiger charge is -2.21. The smallest absolute Gasteiger partial charge is 0.230 e. The zero-order valence-corrected chi connectivity index (χ0v) is 8.75. The molecule has 1 fully saturated rings. The topological polar surface area (TPSA) is 67.2 Å². The van der Waals surface area contributed by atoms with E-state index in [9.17, 15) is 4.79 Å². The highest BCUT2D eigenvalue weighted by atomic mass is 16.5. The first-order valence-corrected chi connectivity index (χ1v) is 5.20. The lowest BCUT2D eigenvalue weighted by atomic mass is 9.99. The second kappa shape index (κ2) is 4.44. The van der Waals surface area contributed by atoms with Crippen molar-refractivity contribution in [1.82, 2.24) is 10.5 Å². The van der Waals surface area contributed by atoms with E-state index >= 15 is 0 Å². The Balaban J connectivity index is 1.91. The van der Waals surface area contributed by atoms with Gasteiger partial charge >= 0.3 is 0 Å². The molecule has 2 rings (SSSR count). The molecule has 5 heteroatoms. The van der Waals surface area contributed by atoms with E-state index < -0.39 is 0 Å². The van der Waals surface area contributed by atoms with Crippen LogP contribution in [0.4, 0.5) is 5.82 Å². The molecule has 1 unspecified atom stereocenters. The Morgan fingerprint density at radius 3 is 3.20 bits per heavy atom. The van der Waals surface area contributed by atoms with Gasteiger partial charge in [0.2, 0.25) is 5.91 Å². The third-order valence-electron chi connectivity index (χ3n) is 2.55. The maximum Gasteiger partial charge on any atom is 0.230 e. The third kappa shape index (κ3) is 2.56. The first-order valence-electron chi connectivity index (χ1n) is 5.20. The Morgan fingerprint density at radius 2 is 2.60 bits per heavy atom. The number of carbonyl (C=O) groups is 1. The minimum absolute atomic E-state index is 0.0236. The van der Waals surface area contributed by atoms with Crippen LogP contribution in [0.1, 0.15) is 18.6 Å². The van der Waals surface area contributed by atoms with E-state index in [4.69, 9.17) is 4.52 Å². The van der Waals surface area contributed by atoms with E-state index in [1.807, 2.05) is 0 Å². The molecule has 0 radical (unpaired) electrons. The molecule has 0 spiro atoms. The first kappa shape index (κ1) is 10.2. The molecule has 1 amide bonds.